The zero-order valence-corrected chi connectivity index (χ0v) is 11.4. The summed E-state index contributed by atoms with van der Waals surface area (Å²) < 4.78 is 0. The van der Waals surface area contributed by atoms with Crippen molar-refractivity contribution in [3.8, 4) is 0 Å². The van der Waals surface area contributed by atoms with Gasteiger partial charge >= 0.3 is 0 Å². The van der Waals surface area contributed by atoms with Crippen molar-refractivity contribution in [3.05, 3.63) is 23.8 Å². The molecule has 1 saturated carbocycles. The van der Waals surface area contributed by atoms with Gasteiger partial charge in [-0.15, -0.1) is 0 Å². The SMILES string of the molecule is NNc1ccc(CCN2CC3CCCC3C2)cc1N. The predicted molar refractivity (Wildman–Crippen MR) is 79.6 cm³/mol. The van der Waals surface area contributed by atoms with E-state index >= 15 is 0 Å². The lowest BCUT2D eigenvalue weighted by Crippen LogP contribution is -2.24. The minimum atomic E-state index is 0.735. The van der Waals surface area contributed by atoms with Crippen molar-refractivity contribution in [2.45, 2.75) is 25.7 Å². The van der Waals surface area contributed by atoms with Crippen LogP contribution in [0, 0.1) is 11.8 Å². The number of nitrogen functional groups attached to an aromatic ring is 2. The largest absolute Gasteiger partial charge is 0.397 e. The second kappa shape index (κ2) is 5.39. The van der Waals surface area contributed by atoms with E-state index in [0.29, 0.717) is 0 Å². The molecular formula is C15H24N4. The molecule has 3 rings (SSSR count). The highest BCUT2D eigenvalue weighted by Gasteiger charge is 2.35. The number of hydrazine groups is 1. The first-order chi connectivity index (χ1) is 9.26. The normalized spacial score (nSPS) is 26.6. The first-order valence-electron chi connectivity index (χ1n) is 7.33. The number of hydrogen-bond acceptors (Lipinski definition) is 4. The molecule has 0 bridgehead atoms. The fourth-order valence-electron chi connectivity index (χ4n) is 3.70. The van der Waals surface area contributed by atoms with E-state index in [4.69, 9.17) is 11.6 Å². The highest BCUT2D eigenvalue weighted by Crippen LogP contribution is 2.37. The third-order valence-corrected chi connectivity index (χ3v) is 4.79. The summed E-state index contributed by atoms with van der Waals surface area (Å²) >= 11 is 0. The van der Waals surface area contributed by atoms with Crippen LogP contribution < -0.4 is 17.0 Å². The van der Waals surface area contributed by atoms with Gasteiger partial charge in [-0.25, -0.2) is 0 Å². The molecule has 1 aliphatic carbocycles. The number of hydrogen-bond donors (Lipinski definition) is 3. The Morgan fingerprint density at radius 2 is 1.95 bits per heavy atom. The highest BCUT2D eigenvalue weighted by atomic mass is 15.2. The molecule has 1 heterocycles. The fourth-order valence-corrected chi connectivity index (χ4v) is 3.70. The Morgan fingerprint density at radius 1 is 1.21 bits per heavy atom. The standard InChI is InChI=1S/C15H24N4/c16-14-8-11(4-5-15(14)18-17)6-7-19-9-12-2-1-3-13(12)10-19/h4-5,8,12-13,18H,1-3,6-7,9-10,16-17H2. The molecule has 5 N–H and O–H groups in total. The van der Waals surface area contributed by atoms with Gasteiger partial charge in [-0.2, -0.15) is 0 Å². The topological polar surface area (TPSA) is 67.3 Å². The average molecular weight is 260 g/mol. The Labute approximate surface area is 115 Å². The Bertz CT molecular complexity index is 434. The van der Waals surface area contributed by atoms with Crippen LogP contribution in [0.15, 0.2) is 18.2 Å². The van der Waals surface area contributed by atoms with Gasteiger partial charge in [0.15, 0.2) is 0 Å². The van der Waals surface area contributed by atoms with E-state index in [1.54, 1.807) is 0 Å². The molecule has 2 unspecified atom stereocenters. The molecule has 2 aliphatic rings. The minimum Gasteiger partial charge on any atom is -0.397 e. The summed E-state index contributed by atoms with van der Waals surface area (Å²) in [6.45, 7) is 3.77. The molecule has 4 heteroatoms. The maximum absolute atomic E-state index is 5.93. The van der Waals surface area contributed by atoms with Gasteiger partial charge in [0, 0.05) is 19.6 Å². The van der Waals surface area contributed by atoms with Crippen LogP contribution in [0.25, 0.3) is 0 Å². The minimum absolute atomic E-state index is 0.735. The lowest BCUT2D eigenvalue weighted by Gasteiger charge is -2.17. The number of benzene rings is 1. The summed E-state index contributed by atoms with van der Waals surface area (Å²) in [5.41, 5.74) is 11.4. The molecule has 1 aliphatic heterocycles. The van der Waals surface area contributed by atoms with Crippen molar-refractivity contribution in [2.24, 2.45) is 17.7 Å². The number of nitrogens with one attached hydrogen (secondary N) is 1. The lowest BCUT2D eigenvalue weighted by atomic mass is 10.0. The van der Waals surface area contributed by atoms with Gasteiger partial charge in [0.1, 0.15) is 0 Å². The molecule has 0 radical (unpaired) electrons. The first-order valence-corrected chi connectivity index (χ1v) is 7.33. The number of nitrogens with two attached hydrogens (primary N) is 2. The first kappa shape index (κ1) is 12.8. The molecule has 2 atom stereocenters. The van der Waals surface area contributed by atoms with Crippen LogP contribution in [0.5, 0.6) is 0 Å². The molecule has 1 saturated heterocycles. The number of likely N-dealkylation sites (tertiary alicyclic amines) is 1. The zero-order chi connectivity index (χ0) is 13.2. The third-order valence-electron chi connectivity index (χ3n) is 4.79. The van der Waals surface area contributed by atoms with Gasteiger partial charge in [-0.1, -0.05) is 12.5 Å². The van der Waals surface area contributed by atoms with Crippen LogP contribution in [0.4, 0.5) is 11.4 Å². The molecule has 2 fully saturated rings. The van der Waals surface area contributed by atoms with Crippen molar-refractivity contribution < 1.29 is 0 Å². The van der Waals surface area contributed by atoms with Gasteiger partial charge in [-0.05, 0) is 48.8 Å². The van der Waals surface area contributed by atoms with Crippen LogP contribution in [0.3, 0.4) is 0 Å². The predicted octanol–water partition coefficient (Wildman–Crippen LogP) is 1.83. The fraction of sp³-hybridized carbons (Fsp3) is 0.600. The van der Waals surface area contributed by atoms with Crippen molar-refractivity contribution in [3.63, 3.8) is 0 Å². The van der Waals surface area contributed by atoms with Crippen molar-refractivity contribution in [2.75, 3.05) is 30.8 Å². The maximum atomic E-state index is 5.93. The molecule has 1 aromatic carbocycles. The highest BCUT2D eigenvalue weighted by molar-refractivity contribution is 5.66. The van der Waals surface area contributed by atoms with E-state index in [1.807, 2.05) is 12.1 Å². The van der Waals surface area contributed by atoms with E-state index < -0.39 is 0 Å². The summed E-state index contributed by atoms with van der Waals surface area (Å²) in [6, 6.07) is 6.11. The number of nitrogens with zero attached hydrogens (tertiary/aromatic N) is 1. The van der Waals surface area contributed by atoms with Gasteiger partial charge in [0.25, 0.3) is 0 Å². The summed E-state index contributed by atoms with van der Waals surface area (Å²) in [5.74, 6) is 7.35. The van der Waals surface area contributed by atoms with Crippen LogP contribution in [-0.4, -0.2) is 24.5 Å². The molecule has 0 spiro atoms. The van der Waals surface area contributed by atoms with Crippen LogP contribution in [0.1, 0.15) is 24.8 Å². The summed E-state index contributed by atoms with van der Waals surface area (Å²) in [7, 11) is 0. The summed E-state index contributed by atoms with van der Waals surface area (Å²) in [6.07, 6.45) is 5.43. The Hall–Kier alpha value is -1.26. The Balaban J connectivity index is 1.54. The molecule has 1 aromatic rings. The molecule has 4 nitrogen and oxygen atoms in total. The van der Waals surface area contributed by atoms with Crippen LogP contribution in [0.2, 0.25) is 0 Å². The van der Waals surface area contributed by atoms with E-state index in [0.717, 1.165) is 36.2 Å². The molecule has 104 valence electrons. The van der Waals surface area contributed by atoms with Crippen molar-refractivity contribution in [1.82, 2.24) is 4.90 Å². The molecular weight excluding hydrogens is 236 g/mol. The molecule has 0 aromatic heterocycles. The summed E-state index contributed by atoms with van der Waals surface area (Å²) in [4.78, 5) is 2.62. The maximum Gasteiger partial charge on any atom is 0.0716 e. The second-order valence-electron chi connectivity index (χ2n) is 6.03. The quantitative estimate of drug-likeness (QED) is 0.439. The molecule has 19 heavy (non-hydrogen) atoms. The van der Waals surface area contributed by atoms with E-state index in [-0.39, 0.29) is 0 Å². The lowest BCUT2D eigenvalue weighted by molar-refractivity contribution is 0.315. The Kier molecular flexibility index (Phi) is 3.62. The third kappa shape index (κ3) is 2.69. The number of anilines is 2. The number of fused-ring (bicyclic) bond motifs is 1. The van der Waals surface area contributed by atoms with Gasteiger partial charge in [0.2, 0.25) is 0 Å². The average Bonchev–Trinajstić information content (AvgIpc) is 2.97. The van der Waals surface area contributed by atoms with E-state index in [2.05, 4.69) is 16.4 Å². The number of rotatable bonds is 4. The van der Waals surface area contributed by atoms with Crippen LogP contribution in [-0.2, 0) is 6.42 Å². The van der Waals surface area contributed by atoms with Crippen molar-refractivity contribution >= 4 is 11.4 Å². The van der Waals surface area contributed by atoms with Gasteiger partial charge < -0.3 is 16.1 Å². The smallest absolute Gasteiger partial charge is 0.0716 e. The van der Waals surface area contributed by atoms with E-state index in [1.165, 1.54) is 37.9 Å². The molecule has 0 amide bonds. The van der Waals surface area contributed by atoms with Crippen molar-refractivity contribution in [1.29, 1.82) is 0 Å². The second-order valence-corrected chi connectivity index (χ2v) is 6.03. The van der Waals surface area contributed by atoms with Crippen LogP contribution >= 0.6 is 0 Å². The monoisotopic (exact) mass is 260 g/mol. The Morgan fingerprint density at radius 3 is 2.58 bits per heavy atom. The zero-order valence-electron chi connectivity index (χ0n) is 11.4. The van der Waals surface area contributed by atoms with Gasteiger partial charge in [-0.3, -0.25) is 5.84 Å². The van der Waals surface area contributed by atoms with Gasteiger partial charge in [0.05, 0.1) is 11.4 Å². The van der Waals surface area contributed by atoms with E-state index in [9.17, 15) is 0 Å². The summed E-state index contributed by atoms with van der Waals surface area (Å²) in [5, 5.41) is 0.